The fourth-order valence-corrected chi connectivity index (χ4v) is 3.09. The molecule has 0 atom stereocenters. The Morgan fingerprint density at radius 3 is 2.67 bits per heavy atom. The van der Waals surface area contributed by atoms with E-state index in [9.17, 15) is 8.42 Å². The van der Waals surface area contributed by atoms with Crippen LogP contribution < -0.4 is 10.1 Å². The minimum atomic E-state index is -3.90. The van der Waals surface area contributed by atoms with E-state index in [1.54, 1.807) is 0 Å². The topological polar surface area (TPSA) is 75.6 Å². The molecule has 0 bridgehead atoms. The van der Waals surface area contributed by atoms with E-state index in [4.69, 9.17) is 9.29 Å². The van der Waals surface area contributed by atoms with Crippen molar-refractivity contribution < 1.29 is 17.7 Å². The Balaban J connectivity index is 1.92. The zero-order valence-electron chi connectivity index (χ0n) is 12.2. The standard InChI is InChI=1S/C14H23NO4S2/c1-13-7-3-4-8-14(13)19-11-6-2-5-9-15-10-12-20-21(16,17)18/h3-4,7-8,15H,2,5-6,9-12H2,1H3,(H,16,17,18). The smallest absolute Gasteiger partial charge is 0.319 e. The van der Waals surface area contributed by atoms with Crippen LogP contribution in [0.15, 0.2) is 24.3 Å². The second-order valence-corrected chi connectivity index (χ2v) is 8.14. The molecule has 0 radical (unpaired) electrons. The Morgan fingerprint density at radius 2 is 1.95 bits per heavy atom. The molecule has 0 saturated carbocycles. The van der Waals surface area contributed by atoms with Gasteiger partial charge >= 0.3 is 9.15 Å². The second kappa shape index (κ2) is 10.0. The molecule has 0 spiro atoms. The summed E-state index contributed by atoms with van der Waals surface area (Å²) < 4.78 is 35.1. The maximum atomic E-state index is 10.5. The quantitative estimate of drug-likeness (QED) is 0.368. The molecule has 5 nitrogen and oxygen atoms in total. The molecular weight excluding hydrogens is 310 g/mol. The lowest BCUT2D eigenvalue weighted by Crippen LogP contribution is -2.19. The van der Waals surface area contributed by atoms with Crippen molar-refractivity contribution in [2.75, 3.05) is 25.4 Å². The number of hydrogen-bond acceptors (Lipinski definition) is 5. The van der Waals surface area contributed by atoms with Crippen LogP contribution in [0.4, 0.5) is 0 Å². The second-order valence-electron chi connectivity index (χ2n) is 4.67. The van der Waals surface area contributed by atoms with Gasteiger partial charge in [0.05, 0.1) is 6.61 Å². The first-order valence-corrected chi connectivity index (χ1v) is 9.94. The summed E-state index contributed by atoms with van der Waals surface area (Å²) in [6, 6.07) is 7.97. The van der Waals surface area contributed by atoms with Crippen molar-refractivity contribution in [3.05, 3.63) is 29.8 Å². The van der Waals surface area contributed by atoms with Crippen LogP contribution in [-0.2, 0) is 9.15 Å². The molecule has 0 unspecified atom stereocenters. The summed E-state index contributed by atoms with van der Waals surface area (Å²) in [4.78, 5) is 0. The number of para-hydroxylation sites is 1. The maximum Gasteiger partial charge on any atom is 0.319 e. The predicted molar refractivity (Wildman–Crippen MR) is 87.4 cm³/mol. The van der Waals surface area contributed by atoms with Gasteiger partial charge in [-0.1, -0.05) is 18.2 Å². The first-order chi connectivity index (χ1) is 9.99. The fraction of sp³-hybridized carbons (Fsp3) is 0.571. The number of ether oxygens (including phenoxy) is 1. The van der Waals surface area contributed by atoms with Crippen LogP contribution in [0.1, 0.15) is 24.8 Å². The molecule has 1 aromatic rings. The molecule has 0 aliphatic carbocycles. The highest BCUT2D eigenvalue weighted by molar-refractivity contribution is 8.69. The van der Waals surface area contributed by atoms with Crippen molar-refractivity contribution in [3.63, 3.8) is 0 Å². The van der Waals surface area contributed by atoms with Gasteiger partial charge < -0.3 is 10.1 Å². The highest BCUT2D eigenvalue weighted by Gasteiger charge is 2.03. The van der Waals surface area contributed by atoms with Crippen molar-refractivity contribution >= 4 is 19.9 Å². The molecule has 2 N–H and O–H groups in total. The Kier molecular flexibility index (Phi) is 8.75. The number of rotatable bonds is 11. The molecule has 1 rings (SSSR count). The summed E-state index contributed by atoms with van der Waals surface area (Å²) in [7, 11) is -3.35. The number of benzene rings is 1. The maximum absolute atomic E-state index is 10.5. The van der Waals surface area contributed by atoms with Crippen LogP contribution in [0.3, 0.4) is 0 Å². The van der Waals surface area contributed by atoms with Crippen LogP contribution >= 0.6 is 10.8 Å². The molecule has 0 amide bonds. The minimum absolute atomic E-state index is 0.356. The van der Waals surface area contributed by atoms with Crippen molar-refractivity contribution in [2.24, 2.45) is 0 Å². The molecule has 0 aromatic heterocycles. The first kappa shape index (κ1) is 18.3. The SMILES string of the molecule is Cc1ccccc1OCCCCCNCCSS(=O)(=O)O. The Bertz CT molecular complexity index is 505. The highest BCUT2D eigenvalue weighted by atomic mass is 33.1. The van der Waals surface area contributed by atoms with Gasteiger partial charge in [-0.15, -0.1) is 0 Å². The van der Waals surface area contributed by atoms with Gasteiger partial charge in [-0.3, -0.25) is 4.55 Å². The number of nitrogens with one attached hydrogen (secondary N) is 1. The summed E-state index contributed by atoms with van der Waals surface area (Å²) in [6.07, 6.45) is 3.08. The van der Waals surface area contributed by atoms with Gasteiger partial charge in [0.2, 0.25) is 0 Å². The van der Waals surface area contributed by atoms with Gasteiger partial charge in [0.25, 0.3) is 0 Å². The van der Waals surface area contributed by atoms with Gasteiger partial charge in [-0.2, -0.15) is 8.42 Å². The molecule has 0 aliphatic heterocycles. The molecular formula is C14H23NO4S2. The van der Waals surface area contributed by atoms with Crippen LogP contribution in [-0.4, -0.2) is 38.4 Å². The molecule has 0 fully saturated rings. The van der Waals surface area contributed by atoms with Gasteiger partial charge in [-0.25, -0.2) is 0 Å². The zero-order chi connectivity index (χ0) is 15.6. The monoisotopic (exact) mass is 333 g/mol. The summed E-state index contributed by atoms with van der Waals surface area (Å²) in [6.45, 7) is 4.16. The summed E-state index contributed by atoms with van der Waals surface area (Å²) in [5, 5.41) is 3.14. The normalized spacial score (nSPS) is 11.5. The first-order valence-electron chi connectivity index (χ1n) is 7.00. The minimum Gasteiger partial charge on any atom is -0.493 e. The molecule has 7 heteroatoms. The number of hydrogen-bond donors (Lipinski definition) is 2. The lowest BCUT2D eigenvalue weighted by atomic mass is 10.2. The third-order valence-electron chi connectivity index (χ3n) is 2.86. The van der Waals surface area contributed by atoms with Crippen LogP contribution in [0.2, 0.25) is 0 Å². The van der Waals surface area contributed by atoms with Crippen LogP contribution in [0.5, 0.6) is 5.75 Å². The average molecular weight is 333 g/mol. The van der Waals surface area contributed by atoms with Crippen LogP contribution in [0, 0.1) is 6.92 Å². The lowest BCUT2D eigenvalue weighted by molar-refractivity contribution is 0.303. The summed E-state index contributed by atoms with van der Waals surface area (Å²) in [5.41, 5.74) is 1.15. The van der Waals surface area contributed by atoms with E-state index in [1.165, 1.54) is 0 Å². The van der Waals surface area contributed by atoms with Crippen molar-refractivity contribution in [1.29, 1.82) is 0 Å². The Labute approximate surface area is 130 Å². The predicted octanol–water partition coefficient (Wildman–Crippen LogP) is 2.67. The Hall–Kier alpha value is -0.760. The van der Waals surface area contributed by atoms with E-state index in [-0.39, 0.29) is 0 Å². The molecule has 1 aromatic carbocycles. The van der Waals surface area contributed by atoms with Gasteiger partial charge in [0, 0.05) is 12.3 Å². The van der Waals surface area contributed by atoms with E-state index in [0.29, 0.717) is 29.7 Å². The molecule has 0 heterocycles. The Morgan fingerprint density at radius 1 is 1.19 bits per heavy atom. The zero-order valence-corrected chi connectivity index (χ0v) is 13.9. The van der Waals surface area contributed by atoms with E-state index in [0.717, 1.165) is 37.1 Å². The van der Waals surface area contributed by atoms with Crippen molar-refractivity contribution in [1.82, 2.24) is 5.32 Å². The van der Waals surface area contributed by atoms with Gasteiger partial charge in [0.1, 0.15) is 5.75 Å². The average Bonchev–Trinajstić information content (AvgIpc) is 2.41. The molecule has 120 valence electrons. The van der Waals surface area contributed by atoms with Gasteiger partial charge in [-0.05, 0) is 55.2 Å². The van der Waals surface area contributed by atoms with Crippen molar-refractivity contribution in [2.45, 2.75) is 26.2 Å². The largest absolute Gasteiger partial charge is 0.493 e. The van der Waals surface area contributed by atoms with Gasteiger partial charge in [0.15, 0.2) is 0 Å². The molecule has 0 aliphatic rings. The van der Waals surface area contributed by atoms with E-state index in [2.05, 4.69) is 5.32 Å². The lowest BCUT2D eigenvalue weighted by Gasteiger charge is -2.08. The van der Waals surface area contributed by atoms with E-state index < -0.39 is 9.15 Å². The number of unbranched alkanes of at least 4 members (excludes halogenated alkanes) is 2. The third-order valence-corrected chi connectivity index (χ3v) is 4.92. The third kappa shape index (κ3) is 9.73. The van der Waals surface area contributed by atoms with E-state index >= 15 is 0 Å². The number of aryl methyl sites for hydroxylation is 1. The summed E-state index contributed by atoms with van der Waals surface area (Å²) >= 11 is 0. The molecule has 21 heavy (non-hydrogen) atoms. The molecule has 0 saturated heterocycles. The van der Waals surface area contributed by atoms with E-state index in [1.807, 2.05) is 31.2 Å². The van der Waals surface area contributed by atoms with Crippen LogP contribution in [0.25, 0.3) is 0 Å². The fourth-order valence-electron chi connectivity index (χ4n) is 1.77. The highest BCUT2D eigenvalue weighted by Crippen LogP contribution is 2.16. The summed E-state index contributed by atoms with van der Waals surface area (Å²) in [5.74, 6) is 1.30. The van der Waals surface area contributed by atoms with Crippen molar-refractivity contribution in [3.8, 4) is 5.75 Å².